The van der Waals surface area contributed by atoms with Gasteiger partial charge in [-0.25, -0.2) is 9.97 Å². The Morgan fingerprint density at radius 3 is 2.75 bits per heavy atom. The molecule has 0 bridgehead atoms. The van der Waals surface area contributed by atoms with Crippen molar-refractivity contribution in [3.63, 3.8) is 0 Å². The predicted octanol–water partition coefficient (Wildman–Crippen LogP) is 1.18. The molecule has 1 unspecified atom stereocenters. The van der Waals surface area contributed by atoms with Crippen LogP contribution in [0.15, 0.2) is 18.5 Å². The molecule has 0 aliphatic heterocycles. The van der Waals surface area contributed by atoms with E-state index in [4.69, 9.17) is 5.73 Å². The van der Waals surface area contributed by atoms with Gasteiger partial charge in [-0.1, -0.05) is 6.92 Å². The Hall–Kier alpha value is -1.49. The highest BCUT2D eigenvalue weighted by Crippen LogP contribution is 2.09. The molecule has 5 nitrogen and oxygen atoms in total. The molecule has 1 rings (SSSR count). The Morgan fingerprint density at radius 2 is 2.12 bits per heavy atom. The molecule has 1 amide bonds. The zero-order valence-corrected chi connectivity index (χ0v) is 9.52. The fraction of sp³-hybridized carbons (Fsp3) is 0.545. The number of aromatic nitrogens is 2. The normalized spacial score (nSPS) is 12.1. The average Bonchev–Trinajstić information content (AvgIpc) is 2.28. The first kappa shape index (κ1) is 12.6. The average molecular weight is 222 g/mol. The molecule has 0 fully saturated rings. The first-order valence-corrected chi connectivity index (χ1v) is 5.49. The van der Waals surface area contributed by atoms with E-state index in [-0.39, 0.29) is 5.91 Å². The van der Waals surface area contributed by atoms with Crippen LogP contribution in [0, 0.1) is 5.92 Å². The van der Waals surface area contributed by atoms with Crippen molar-refractivity contribution in [1.82, 2.24) is 9.97 Å². The number of hydrogen-bond acceptors (Lipinski definition) is 4. The van der Waals surface area contributed by atoms with E-state index in [1.807, 2.05) is 0 Å². The van der Waals surface area contributed by atoms with Crippen LogP contribution in [0.2, 0.25) is 0 Å². The number of amides is 1. The third-order valence-electron chi connectivity index (χ3n) is 2.34. The van der Waals surface area contributed by atoms with Gasteiger partial charge in [0.25, 0.3) is 0 Å². The summed E-state index contributed by atoms with van der Waals surface area (Å²) in [6.07, 6.45) is 5.48. The van der Waals surface area contributed by atoms with Crippen molar-refractivity contribution in [2.75, 3.05) is 11.9 Å². The minimum Gasteiger partial charge on any atom is -0.330 e. The van der Waals surface area contributed by atoms with Crippen molar-refractivity contribution in [1.29, 1.82) is 0 Å². The van der Waals surface area contributed by atoms with E-state index in [9.17, 15) is 4.79 Å². The highest BCUT2D eigenvalue weighted by atomic mass is 16.1. The van der Waals surface area contributed by atoms with Crippen molar-refractivity contribution in [3.8, 4) is 0 Å². The number of rotatable bonds is 6. The van der Waals surface area contributed by atoms with Crippen molar-refractivity contribution in [3.05, 3.63) is 18.5 Å². The van der Waals surface area contributed by atoms with Crippen molar-refractivity contribution in [2.45, 2.75) is 26.2 Å². The first-order valence-electron chi connectivity index (χ1n) is 5.49. The maximum Gasteiger partial charge on any atom is 0.229 e. The third-order valence-corrected chi connectivity index (χ3v) is 2.34. The molecule has 5 heteroatoms. The highest BCUT2D eigenvalue weighted by molar-refractivity contribution is 5.88. The standard InChI is InChI=1S/C11H18N4O/c1-9(5-6-12)3-4-10(16)15-11-13-7-2-8-14-11/h2,7-9H,3-6,12H2,1H3,(H,13,14,15,16). The summed E-state index contributed by atoms with van der Waals surface area (Å²) in [4.78, 5) is 19.3. The van der Waals surface area contributed by atoms with E-state index in [0.29, 0.717) is 24.8 Å². The van der Waals surface area contributed by atoms with Crippen LogP contribution in [-0.4, -0.2) is 22.4 Å². The lowest BCUT2D eigenvalue weighted by molar-refractivity contribution is -0.116. The second-order valence-electron chi connectivity index (χ2n) is 3.84. The smallest absolute Gasteiger partial charge is 0.229 e. The molecule has 0 spiro atoms. The third kappa shape index (κ3) is 4.84. The van der Waals surface area contributed by atoms with Crippen LogP contribution in [0.25, 0.3) is 0 Å². The van der Waals surface area contributed by atoms with E-state index in [1.54, 1.807) is 18.5 Å². The van der Waals surface area contributed by atoms with E-state index in [0.717, 1.165) is 12.8 Å². The number of hydrogen-bond donors (Lipinski definition) is 2. The first-order chi connectivity index (χ1) is 7.72. The van der Waals surface area contributed by atoms with Gasteiger partial charge < -0.3 is 5.73 Å². The van der Waals surface area contributed by atoms with E-state index in [2.05, 4.69) is 22.2 Å². The number of carbonyl (C=O) groups excluding carboxylic acids is 1. The zero-order chi connectivity index (χ0) is 11.8. The van der Waals surface area contributed by atoms with Crippen LogP contribution >= 0.6 is 0 Å². The minimum absolute atomic E-state index is 0.0462. The summed E-state index contributed by atoms with van der Waals surface area (Å²) in [6, 6.07) is 1.71. The molecule has 0 aromatic carbocycles. The summed E-state index contributed by atoms with van der Waals surface area (Å²) in [5, 5.41) is 2.65. The fourth-order valence-corrected chi connectivity index (χ4v) is 1.36. The second kappa shape index (κ2) is 6.90. The molecule has 1 aromatic rings. The lowest BCUT2D eigenvalue weighted by Crippen LogP contribution is -2.15. The topological polar surface area (TPSA) is 80.9 Å². The molecule has 0 aliphatic carbocycles. The quantitative estimate of drug-likeness (QED) is 0.757. The highest BCUT2D eigenvalue weighted by Gasteiger charge is 2.07. The van der Waals surface area contributed by atoms with Gasteiger partial charge in [-0.3, -0.25) is 10.1 Å². The molecule has 16 heavy (non-hydrogen) atoms. The van der Waals surface area contributed by atoms with Gasteiger partial charge in [-0.2, -0.15) is 0 Å². The molecular weight excluding hydrogens is 204 g/mol. The zero-order valence-electron chi connectivity index (χ0n) is 9.52. The van der Waals surface area contributed by atoms with Crippen LogP contribution in [-0.2, 0) is 4.79 Å². The molecule has 0 saturated heterocycles. The number of nitrogens with zero attached hydrogens (tertiary/aromatic N) is 2. The van der Waals surface area contributed by atoms with Gasteiger partial charge in [0, 0.05) is 18.8 Å². The molecule has 1 heterocycles. The van der Waals surface area contributed by atoms with Gasteiger partial charge in [0.05, 0.1) is 0 Å². The van der Waals surface area contributed by atoms with Crippen LogP contribution in [0.4, 0.5) is 5.95 Å². The molecule has 88 valence electrons. The van der Waals surface area contributed by atoms with Crippen molar-refractivity contribution < 1.29 is 4.79 Å². The van der Waals surface area contributed by atoms with Crippen molar-refractivity contribution in [2.24, 2.45) is 11.7 Å². The minimum atomic E-state index is -0.0462. The Kier molecular flexibility index (Phi) is 5.42. The SMILES string of the molecule is CC(CCN)CCC(=O)Nc1ncccn1. The monoisotopic (exact) mass is 222 g/mol. The van der Waals surface area contributed by atoms with Gasteiger partial charge in [0.1, 0.15) is 0 Å². The summed E-state index contributed by atoms with van der Waals surface area (Å²) in [5.74, 6) is 0.793. The molecule has 0 aliphatic rings. The lowest BCUT2D eigenvalue weighted by atomic mass is 10.0. The number of nitrogens with one attached hydrogen (secondary N) is 1. The largest absolute Gasteiger partial charge is 0.330 e. The second-order valence-corrected chi connectivity index (χ2v) is 3.84. The fourth-order valence-electron chi connectivity index (χ4n) is 1.36. The summed E-state index contributed by atoms with van der Waals surface area (Å²) in [6.45, 7) is 2.77. The molecule has 0 radical (unpaired) electrons. The van der Waals surface area contributed by atoms with Crippen LogP contribution < -0.4 is 11.1 Å². The van der Waals surface area contributed by atoms with E-state index < -0.39 is 0 Å². The Balaban J connectivity index is 2.26. The molecule has 1 atom stereocenters. The van der Waals surface area contributed by atoms with Crippen molar-refractivity contribution >= 4 is 11.9 Å². The Labute approximate surface area is 95.5 Å². The van der Waals surface area contributed by atoms with E-state index >= 15 is 0 Å². The Morgan fingerprint density at radius 1 is 1.44 bits per heavy atom. The molecular formula is C11H18N4O. The van der Waals surface area contributed by atoms with Gasteiger partial charge in [-0.15, -0.1) is 0 Å². The number of carbonyl (C=O) groups is 1. The number of nitrogens with two attached hydrogens (primary N) is 1. The van der Waals surface area contributed by atoms with Crippen LogP contribution in [0.5, 0.6) is 0 Å². The summed E-state index contributed by atoms with van der Waals surface area (Å²) < 4.78 is 0. The maximum absolute atomic E-state index is 11.5. The summed E-state index contributed by atoms with van der Waals surface area (Å²) >= 11 is 0. The Bertz CT molecular complexity index is 315. The van der Waals surface area contributed by atoms with Crippen LogP contribution in [0.3, 0.4) is 0 Å². The summed E-state index contributed by atoms with van der Waals surface area (Å²) in [5.41, 5.74) is 5.44. The maximum atomic E-state index is 11.5. The van der Waals surface area contributed by atoms with Gasteiger partial charge in [0.2, 0.25) is 11.9 Å². The van der Waals surface area contributed by atoms with Crippen LogP contribution in [0.1, 0.15) is 26.2 Å². The number of anilines is 1. The summed E-state index contributed by atoms with van der Waals surface area (Å²) in [7, 11) is 0. The van der Waals surface area contributed by atoms with Gasteiger partial charge in [0.15, 0.2) is 0 Å². The molecule has 3 N–H and O–H groups in total. The molecule has 1 aromatic heterocycles. The van der Waals surface area contributed by atoms with Gasteiger partial charge in [-0.05, 0) is 31.4 Å². The molecule has 0 saturated carbocycles. The van der Waals surface area contributed by atoms with Gasteiger partial charge >= 0.3 is 0 Å². The lowest BCUT2D eigenvalue weighted by Gasteiger charge is -2.08. The predicted molar refractivity (Wildman–Crippen MR) is 62.7 cm³/mol. The van der Waals surface area contributed by atoms with E-state index in [1.165, 1.54) is 0 Å².